The molecular formula is C30H23FN2O3S. The fraction of sp³-hybridized carbons (Fsp3) is 0.0333. The summed E-state index contributed by atoms with van der Waals surface area (Å²) in [6.07, 6.45) is 1.61. The lowest BCUT2D eigenvalue weighted by atomic mass is 10.1. The molecule has 0 aromatic heterocycles. The molecular weight excluding hydrogens is 487 g/mol. The van der Waals surface area contributed by atoms with Crippen molar-refractivity contribution in [2.75, 3.05) is 11.1 Å². The minimum atomic E-state index is -0.488. The minimum Gasteiger partial charge on any atom is -0.321 e. The molecule has 184 valence electrons. The lowest BCUT2D eigenvalue weighted by molar-refractivity contribution is -0.113. The maximum absolute atomic E-state index is 13.2. The molecule has 0 spiro atoms. The van der Waals surface area contributed by atoms with Crippen LogP contribution in [0.15, 0.2) is 120 Å². The zero-order valence-corrected chi connectivity index (χ0v) is 20.5. The van der Waals surface area contributed by atoms with Gasteiger partial charge in [0.25, 0.3) is 11.8 Å². The SMILES string of the molecule is O=C(Nc1cccc(SCC(=O)c2ccc(F)cc2)c1)/C(=C/c1ccccc1)NC(=O)c1ccccc1. The molecule has 4 aromatic rings. The summed E-state index contributed by atoms with van der Waals surface area (Å²) in [7, 11) is 0. The topological polar surface area (TPSA) is 75.3 Å². The van der Waals surface area contributed by atoms with Gasteiger partial charge in [0, 0.05) is 21.7 Å². The smallest absolute Gasteiger partial charge is 0.272 e. The maximum Gasteiger partial charge on any atom is 0.272 e. The fourth-order valence-corrected chi connectivity index (χ4v) is 4.24. The Balaban J connectivity index is 1.46. The number of hydrogen-bond acceptors (Lipinski definition) is 4. The van der Waals surface area contributed by atoms with Crippen LogP contribution in [0.3, 0.4) is 0 Å². The van der Waals surface area contributed by atoms with Crippen molar-refractivity contribution in [3.8, 4) is 0 Å². The molecule has 37 heavy (non-hydrogen) atoms. The summed E-state index contributed by atoms with van der Waals surface area (Å²) in [4.78, 5) is 39.1. The van der Waals surface area contributed by atoms with Gasteiger partial charge in [-0.25, -0.2) is 4.39 Å². The number of thioether (sulfide) groups is 1. The predicted octanol–water partition coefficient (Wildman–Crippen LogP) is 6.21. The number of hydrogen-bond donors (Lipinski definition) is 2. The number of carbonyl (C=O) groups excluding carboxylic acids is 3. The zero-order chi connectivity index (χ0) is 26.0. The van der Waals surface area contributed by atoms with Crippen molar-refractivity contribution in [2.45, 2.75) is 4.90 Å². The Morgan fingerprint density at radius 1 is 0.757 bits per heavy atom. The summed E-state index contributed by atoms with van der Waals surface area (Å²) in [5.74, 6) is -1.25. The van der Waals surface area contributed by atoms with E-state index < -0.39 is 17.6 Å². The molecule has 0 aliphatic rings. The van der Waals surface area contributed by atoms with E-state index in [1.807, 2.05) is 42.5 Å². The number of nitrogens with one attached hydrogen (secondary N) is 2. The zero-order valence-electron chi connectivity index (χ0n) is 19.7. The Hall–Kier alpha value is -4.49. The van der Waals surface area contributed by atoms with Crippen LogP contribution >= 0.6 is 11.8 Å². The van der Waals surface area contributed by atoms with E-state index in [1.165, 1.54) is 36.0 Å². The third-order valence-corrected chi connectivity index (χ3v) is 6.26. The highest BCUT2D eigenvalue weighted by molar-refractivity contribution is 8.00. The lowest BCUT2D eigenvalue weighted by Gasteiger charge is -2.12. The molecule has 0 aliphatic carbocycles. The van der Waals surface area contributed by atoms with Crippen LogP contribution in [0.5, 0.6) is 0 Å². The van der Waals surface area contributed by atoms with Gasteiger partial charge < -0.3 is 10.6 Å². The lowest BCUT2D eigenvalue weighted by Crippen LogP contribution is -2.30. The first kappa shape index (κ1) is 25.6. The van der Waals surface area contributed by atoms with Crippen molar-refractivity contribution in [1.82, 2.24) is 5.32 Å². The van der Waals surface area contributed by atoms with Crippen LogP contribution in [0.2, 0.25) is 0 Å². The number of carbonyl (C=O) groups is 3. The Labute approximate surface area is 218 Å². The highest BCUT2D eigenvalue weighted by Crippen LogP contribution is 2.23. The van der Waals surface area contributed by atoms with E-state index in [1.54, 1.807) is 48.5 Å². The van der Waals surface area contributed by atoms with Crippen LogP contribution in [0.1, 0.15) is 26.3 Å². The average molecular weight is 511 g/mol. The fourth-order valence-electron chi connectivity index (χ4n) is 3.39. The molecule has 2 amide bonds. The van der Waals surface area contributed by atoms with E-state index in [4.69, 9.17) is 0 Å². The molecule has 0 aliphatic heterocycles. The molecule has 0 bridgehead atoms. The van der Waals surface area contributed by atoms with Crippen molar-refractivity contribution in [2.24, 2.45) is 0 Å². The summed E-state index contributed by atoms with van der Waals surface area (Å²) in [6.45, 7) is 0. The molecule has 5 nitrogen and oxygen atoms in total. The molecule has 0 heterocycles. The number of Topliss-reactive ketones (excluding diaryl/α,β-unsaturated/α-hetero) is 1. The second-order valence-corrected chi connectivity index (χ2v) is 9.04. The molecule has 0 fully saturated rings. The number of amides is 2. The summed E-state index contributed by atoms with van der Waals surface area (Å²) < 4.78 is 13.1. The Morgan fingerprint density at radius 3 is 2.14 bits per heavy atom. The van der Waals surface area contributed by atoms with Crippen LogP contribution < -0.4 is 10.6 Å². The summed E-state index contributed by atoms with van der Waals surface area (Å²) in [5, 5.41) is 5.54. The van der Waals surface area contributed by atoms with E-state index in [0.717, 1.165) is 10.5 Å². The van der Waals surface area contributed by atoms with Crippen molar-refractivity contribution in [1.29, 1.82) is 0 Å². The first-order valence-corrected chi connectivity index (χ1v) is 12.4. The van der Waals surface area contributed by atoms with Crippen molar-refractivity contribution >= 4 is 41.1 Å². The van der Waals surface area contributed by atoms with E-state index in [2.05, 4.69) is 10.6 Å². The van der Waals surface area contributed by atoms with E-state index in [-0.39, 0.29) is 17.2 Å². The quantitative estimate of drug-likeness (QED) is 0.159. The van der Waals surface area contributed by atoms with Gasteiger partial charge in [-0.3, -0.25) is 14.4 Å². The van der Waals surface area contributed by atoms with Crippen LogP contribution in [0.25, 0.3) is 6.08 Å². The van der Waals surface area contributed by atoms with Gasteiger partial charge in [-0.2, -0.15) is 0 Å². The van der Waals surface area contributed by atoms with Gasteiger partial charge in [-0.05, 0) is 66.2 Å². The standard InChI is InChI=1S/C30H23FN2O3S/c31-24-16-14-22(15-17-24)28(34)20-37-26-13-7-12-25(19-26)32-30(36)27(18-21-8-3-1-4-9-21)33-29(35)23-10-5-2-6-11-23/h1-19H,20H2,(H,32,36)(H,33,35)/b27-18-. The molecule has 7 heteroatoms. The van der Waals surface area contributed by atoms with Gasteiger partial charge in [0.15, 0.2) is 5.78 Å². The van der Waals surface area contributed by atoms with Gasteiger partial charge in [0.2, 0.25) is 0 Å². The summed E-state index contributed by atoms with van der Waals surface area (Å²) in [5.41, 5.74) is 2.22. The number of anilines is 1. The molecule has 0 atom stereocenters. The second-order valence-electron chi connectivity index (χ2n) is 7.99. The third kappa shape index (κ3) is 7.49. The maximum atomic E-state index is 13.2. The molecule has 4 rings (SSSR count). The van der Waals surface area contributed by atoms with Gasteiger partial charge in [0.05, 0.1) is 5.75 Å². The molecule has 0 saturated heterocycles. The van der Waals surface area contributed by atoms with Gasteiger partial charge in [-0.15, -0.1) is 11.8 Å². The third-order valence-electron chi connectivity index (χ3n) is 5.27. The van der Waals surface area contributed by atoms with Gasteiger partial charge in [-0.1, -0.05) is 54.6 Å². The van der Waals surface area contributed by atoms with Crippen LogP contribution in [0.4, 0.5) is 10.1 Å². The highest BCUT2D eigenvalue weighted by Gasteiger charge is 2.15. The molecule has 0 radical (unpaired) electrons. The van der Waals surface area contributed by atoms with E-state index in [0.29, 0.717) is 16.8 Å². The number of ketones is 1. The largest absolute Gasteiger partial charge is 0.321 e. The van der Waals surface area contributed by atoms with Gasteiger partial charge >= 0.3 is 0 Å². The average Bonchev–Trinajstić information content (AvgIpc) is 2.93. The van der Waals surface area contributed by atoms with Crippen LogP contribution in [-0.2, 0) is 4.79 Å². The normalized spacial score (nSPS) is 11.0. The molecule has 0 unspecified atom stereocenters. The first-order chi connectivity index (χ1) is 18.0. The van der Waals surface area contributed by atoms with E-state index >= 15 is 0 Å². The predicted molar refractivity (Wildman–Crippen MR) is 145 cm³/mol. The first-order valence-electron chi connectivity index (χ1n) is 11.4. The van der Waals surface area contributed by atoms with Crippen LogP contribution in [0, 0.1) is 5.82 Å². The van der Waals surface area contributed by atoms with E-state index in [9.17, 15) is 18.8 Å². The number of rotatable bonds is 9. The summed E-state index contributed by atoms with van der Waals surface area (Å²) in [6, 6.07) is 30.3. The van der Waals surface area contributed by atoms with Gasteiger partial charge in [0.1, 0.15) is 11.5 Å². The Bertz CT molecular complexity index is 1420. The molecule has 0 saturated carbocycles. The Kier molecular flexibility index (Phi) is 8.62. The Morgan fingerprint density at radius 2 is 1.43 bits per heavy atom. The second kappa shape index (κ2) is 12.5. The number of benzene rings is 4. The highest BCUT2D eigenvalue weighted by atomic mass is 32.2. The van der Waals surface area contributed by atoms with Crippen molar-refractivity contribution in [3.05, 3.63) is 137 Å². The van der Waals surface area contributed by atoms with Crippen LogP contribution in [-0.4, -0.2) is 23.4 Å². The molecule has 4 aromatic carbocycles. The molecule has 2 N–H and O–H groups in total. The monoisotopic (exact) mass is 510 g/mol. The van der Waals surface area contributed by atoms with Crippen molar-refractivity contribution < 1.29 is 18.8 Å². The summed E-state index contributed by atoms with van der Waals surface area (Å²) >= 11 is 1.31. The van der Waals surface area contributed by atoms with Crippen molar-refractivity contribution in [3.63, 3.8) is 0 Å². The number of halogens is 1. The minimum absolute atomic E-state index is 0.0876.